The van der Waals surface area contributed by atoms with Gasteiger partial charge in [0.2, 0.25) is 0 Å². The normalized spacial score (nSPS) is 19.3. The second kappa shape index (κ2) is 9.49. The van der Waals surface area contributed by atoms with E-state index in [1.165, 1.54) is 0 Å². The van der Waals surface area contributed by atoms with Gasteiger partial charge in [-0.15, -0.1) is 0 Å². The van der Waals surface area contributed by atoms with E-state index in [-0.39, 0.29) is 18.2 Å². The fourth-order valence-corrected chi connectivity index (χ4v) is 3.80. The average Bonchev–Trinajstić information content (AvgIpc) is 3.25. The molecular weight excluding hydrogens is 450 g/mol. The molecule has 0 spiro atoms. The summed E-state index contributed by atoms with van der Waals surface area (Å²) in [6.45, 7) is 7.08. The van der Waals surface area contributed by atoms with Crippen molar-refractivity contribution < 1.29 is 19.0 Å². The second-order valence-corrected chi connectivity index (χ2v) is 9.39. The first-order valence-corrected chi connectivity index (χ1v) is 10.9. The molecule has 1 aromatic heterocycles. The molecule has 1 aliphatic heterocycles. The number of amides is 1. The molecule has 30 heavy (non-hydrogen) atoms. The number of carbonyl (C=O) groups excluding carboxylic acids is 1. The van der Waals surface area contributed by atoms with Crippen LogP contribution < -0.4 is 0 Å². The summed E-state index contributed by atoms with van der Waals surface area (Å²) >= 11 is 3.47. The minimum atomic E-state index is -0.569. The number of nitrogens with zero attached hydrogens (tertiary/aromatic N) is 3. The van der Waals surface area contributed by atoms with Gasteiger partial charge in [-0.2, -0.15) is 0 Å². The molecule has 3 rings (SSSR count). The van der Waals surface area contributed by atoms with E-state index in [1.807, 2.05) is 62.8 Å². The summed E-state index contributed by atoms with van der Waals surface area (Å²) in [7, 11) is 3.60. The number of aryl methyl sites for hydroxylation is 1. The number of carbonyl (C=O) groups is 1. The van der Waals surface area contributed by atoms with Crippen LogP contribution >= 0.6 is 15.9 Å². The predicted molar refractivity (Wildman–Crippen MR) is 118 cm³/mol. The van der Waals surface area contributed by atoms with Gasteiger partial charge in [0.05, 0.1) is 37.6 Å². The summed E-state index contributed by atoms with van der Waals surface area (Å²) in [5, 5.41) is 0. The van der Waals surface area contributed by atoms with Crippen LogP contribution in [0.4, 0.5) is 4.79 Å². The summed E-state index contributed by atoms with van der Waals surface area (Å²) in [4.78, 5) is 19.5. The van der Waals surface area contributed by atoms with Crippen molar-refractivity contribution >= 4 is 22.0 Å². The fourth-order valence-electron chi connectivity index (χ4n) is 3.53. The Bertz CT molecular complexity index is 860. The molecule has 2 aromatic rings. The van der Waals surface area contributed by atoms with Crippen LogP contribution in [0.3, 0.4) is 0 Å². The molecule has 2 atom stereocenters. The maximum atomic E-state index is 12.9. The summed E-state index contributed by atoms with van der Waals surface area (Å²) < 4.78 is 19.7. The number of hydrogen-bond acceptors (Lipinski definition) is 5. The highest BCUT2D eigenvalue weighted by molar-refractivity contribution is 9.10. The Labute approximate surface area is 186 Å². The fraction of sp³-hybridized carbons (Fsp3) is 0.545. The first kappa shape index (κ1) is 22.8. The van der Waals surface area contributed by atoms with Crippen molar-refractivity contribution in [1.82, 2.24) is 14.5 Å². The Kier molecular flexibility index (Phi) is 7.21. The SMILES string of the molecule is COCCOC1CC(c2nc(-c3ccc(Br)cc3)cn2C)N(C(=O)OC(C)(C)C)C1. The van der Waals surface area contributed by atoms with E-state index in [9.17, 15) is 4.79 Å². The molecular formula is C22H30BrN3O4. The maximum Gasteiger partial charge on any atom is 0.411 e. The molecule has 0 aliphatic carbocycles. The van der Waals surface area contributed by atoms with Crippen LogP contribution in [-0.2, 0) is 21.3 Å². The zero-order valence-corrected chi connectivity index (χ0v) is 19.8. The maximum absolute atomic E-state index is 12.9. The van der Waals surface area contributed by atoms with E-state index < -0.39 is 5.60 Å². The predicted octanol–water partition coefficient (Wildman–Crippen LogP) is 4.56. The molecule has 1 amide bonds. The summed E-state index contributed by atoms with van der Waals surface area (Å²) in [6.07, 6.45) is 2.21. The number of methoxy groups -OCH3 is 1. The first-order valence-electron chi connectivity index (χ1n) is 10.1. The van der Waals surface area contributed by atoms with E-state index in [0.717, 1.165) is 21.6 Å². The van der Waals surface area contributed by atoms with Crippen molar-refractivity contribution in [2.75, 3.05) is 26.9 Å². The smallest absolute Gasteiger partial charge is 0.411 e. The number of aromatic nitrogens is 2. The molecule has 0 N–H and O–H groups in total. The Balaban J connectivity index is 1.86. The van der Waals surface area contributed by atoms with E-state index in [2.05, 4.69) is 15.9 Å². The van der Waals surface area contributed by atoms with Crippen LogP contribution in [0, 0.1) is 0 Å². The number of benzene rings is 1. The van der Waals surface area contributed by atoms with Gasteiger partial charge < -0.3 is 18.8 Å². The number of likely N-dealkylation sites (tertiary alicyclic amines) is 1. The second-order valence-electron chi connectivity index (χ2n) is 8.47. The third kappa shape index (κ3) is 5.62. The number of rotatable bonds is 6. The molecule has 1 fully saturated rings. The minimum absolute atomic E-state index is 0.0921. The van der Waals surface area contributed by atoms with E-state index in [4.69, 9.17) is 19.2 Å². The van der Waals surface area contributed by atoms with Crippen molar-refractivity contribution in [1.29, 1.82) is 0 Å². The third-order valence-electron chi connectivity index (χ3n) is 4.88. The van der Waals surface area contributed by atoms with Crippen LogP contribution in [-0.4, -0.2) is 59.1 Å². The highest BCUT2D eigenvalue weighted by Crippen LogP contribution is 2.35. The van der Waals surface area contributed by atoms with Gasteiger partial charge in [0.15, 0.2) is 0 Å². The largest absolute Gasteiger partial charge is 0.444 e. The van der Waals surface area contributed by atoms with Crippen molar-refractivity contribution in [2.24, 2.45) is 7.05 Å². The van der Waals surface area contributed by atoms with Gasteiger partial charge in [-0.1, -0.05) is 28.1 Å². The van der Waals surface area contributed by atoms with Gasteiger partial charge in [0.25, 0.3) is 0 Å². The quantitative estimate of drug-likeness (QED) is 0.567. The van der Waals surface area contributed by atoms with Crippen LogP contribution in [0.2, 0.25) is 0 Å². The van der Waals surface area contributed by atoms with Gasteiger partial charge in [0.1, 0.15) is 11.4 Å². The van der Waals surface area contributed by atoms with Crippen LogP contribution in [0.15, 0.2) is 34.9 Å². The molecule has 7 nitrogen and oxygen atoms in total. The Hall–Kier alpha value is -1.90. The zero-order valence-electron chi connectivity index (χ0n) is 18.2. The number of hydrogen-bond donors (Lipinski definition) is 0. The topological polar surface area (TPSA) is 65.8 Å². The average molecular weight is 480 g/mol. The van der Waals surface area contributed by atoms with Crippen molar-refractivity contribution in [3.63, 3.8) is 0 Å². The molecule has 1 saturated heterocycles. The standard InChI is InChI=1S/C22H30BrN3O4/c1-22(2,3)30-21(27)26-13-17(29-11-10-28-5)12-19(26)20-24-18(14-25(20)4)15-6-8-16(23)9-7-15/h6-9,14,17,19H,10-13H2,1-5H3. The highest BCUT2D eigenvalue weighted by atomic mass is 79.9. The minimum Gasteiger partial charge on any atom is -0.444 e. The first-order chi connectivity index (χ1) is 14.2. The van der Waals surface area contributed by atoms with Crippen LogP contribution in [0.1, 0.15) is 39.1 Å². The Morgan fingerprint density at radius 3 is 2.57 bits per heavy atom. The molecule has 0 bridgehead atoms. The summed E-state index contributed by atoms with van der Waals surface area (Å²) in [6, 6.07) is 7.81. The van der Waals surface area contributed by atoms with Crippen molar-refractivity contribution in [3.05, 3.63) is 40.8 Å². The van der Waals surface area contributed by atoms with Gasteiger partial charge >= 0.3 is 6.09 Å². The molecule has 164 valence electrons. The van der Waals surface area contributed by atoms with E-state index in [1.54, 1.807) is 12.0 Å². The lowest BCUT2D eigenvalue weighted by Gasteiger charge is -2.28. The van der Waals surface area contributed by atoms with Gasteiger partial charge in [-0.25, -0.2) is 9.78 Å². The highest BCUT2D eigenvalue weighted by Gasteiger charge is 2.41. The zero-order chi connectivity index (χ0) is 21.9. The van der Waals surface area contributed by atoms with E-state index in [0.29, 0.717) is 26.2 Å². The number of ether oxygens (including phenoxy) is 3. The lowest BCUT2D eigenvalue weighted by atomic mass is 10.1. The molecule has 1 aliphatic rings. The van der Waals surface area contributed by atoms with E-state index >= 15 is 0 Å². The van der Waals surface area contributed by atoms with Gasteiger partial charge in [-0.3, -0.25) is 4.90 Å². The van der Waals surface area contributed by atoms with Crippen LogP contribution in [0.5, 0.6) is 0 Å². The summed E-state index contributed by atoms with van der Waals surface area (Å²) in [5.74, 6) is 0.816. The number of halogens is 1. The number of imidazole rings is 1. The molecule has 0 saturated carbocycles. The van der Waals surface area contributed by atoms with Gasteiger partial charge in [0, 0.05) is 36.8 Å². The third-order valence-corrected chi connectivity index (χ3v) is 5.41. The molecule has 8 heteroatoms. The van der Waals surface area contributed by atoms with Gasteiger partial charge in [-0.05, 0) is 32.9 Å². The van der Waals surface area contributed by atoms with Crippen molar-refractivity contribution in [2.45, 2.75) is 44.9 Å². The molecule has 1 aromatic carbocycles. The van der Waals surface area contributed by atoms with Crippen molar-refractivity contribution in [3.8, 4) is 11.3 Å². The monoisotopic (exact) mass is 479 g/mol. The summed E-state index contributed by atoms with van der Waals surface area (Å²) in [5.41, 5.74) is 1.32. The molecule has 2 unspecified atom stereocenters. The Morgan fingerprint density at radius 1 is 1.23 bits per heavy atom. The molecule has 2 heterocycles. The Morgan fingerprint density at radius 2 is 1.93 bits per heavy atom. The lowest BCUT2D eigenvalue weighted by molar-refractivity contribution is 0.00888. The lowest BCUT2D eigenvalue weighted by Crippen LogP contribution is -2.38. The molecule has 0 radical (unpaired) electrons. The van der Waals surface area contributed by atoms with Crippen LogP contribution in [0.25, 0.3) is 11.3 Å².